The van der Waals surface area contributed by atoms with Gasteiger partial charge in [0, 0.05) is 42.5 Å². The summed E-state index contributed by atoms with van der Waals surface area (Å²) in [6.45, 7) is 14.5. The smallest absolute Gasteiger partial charge is 0.223 e. The largest absolute Gasteiger partial charge is 0.344 e. The van der Waals surface area contributed by atoms with Crippen molar-refractivity contribution in [3.63, 3.8) is 0 Å². The van der Waals surface area contributed by atoms with E-state index in [0.29, 0.717) is 6.54 Å². The normalized spacial score (nSPS) is 20.4. The number of carbonyl (C=O) groups excluding carboxylic acids is 1. The molecular weight excluding hydrogens is 392 g/mol. The minimum Gasteiger partial charge on any atom is -0.344 e. The molecule has 1 amide bonds. The monoisotopic (exact) mass is 428 g/mol. The number of amides is 1. The van der Waals surface area contributed by atoms with Gasteiger partial charge in [0.25, 0.3) is 0 Å². The molecule has 0 N–H and O–H groups in total. The number of allylic oxidation sites excluding steroid dienone is 5. The van der Waals surface area contributed by atoms with E-state index in [1.807, 2.05) is 4.90 Å². The first-order chi connectivity index (χ1) is 15.3. The molecule has 0 saturated heterocycles. The van der Waals surface area contributed by atoms with Crippen molar-refractivity contribution in [2.45, 2.75) is 66.2 Å². The number of nitrogens with zero attached hydrogens (tertiary/aromatic N) is 2. The van der Waals surface area contributed by atoms with Crippen LogP contribution < -0.4 is 4.90 Å². The van der Waals surface area contributed by atoms with E-state index in [0.717, 1.165) is 31.5 Å². The third kappa shape index (κ3) is 3.58. The van der Waals surface area contributed by atoms with Gasteiger partial charge in [-0.25, -0.2) is 0 Å². The van der Waals surface area contributed by atoms with Crippen molar-refractivity contribution in [3.8, 4) is 0 Å². The van der Waals surface area contributed by atoms with Gasteiger partial charge in [-0.15, -0.1) is 0 Å². The SMILES string of the molecule is CCN(C(C)=O)C1=C(C)CCC/C1=C\C=C1\N(CC)c2ccc3ccccc3c2C1(C)C. The molecule has 0 fully saturated rings. The van der Waals surface area contributed by atoms with Crippen molar-refractivity contribution in [1.82, 2.24) is 4.90 Å². The van der Waals surface area contributed by atoms with E-state index in [1.54, 1.807) is 6.92 Å². The fourth-order valence-electron chi connectivity index (χ4n) is 5.71. The Morgan fingerprint density at radius 1 is 1.09 bits per heavy atom. The van der Waals surface area contributed by atoms with Gasteiger partial charge in [-0.1, -0.05) is 50.3 Å². The van der Waals surface area contributed by atoms with Gasteiger partial charge < -0.3 is 9.80 Å². The summed E-state index contributed by atoms with van der Waals surface area (Å²) in [4.78, 5) is 16.7. The molecular formula is C29H36N2O. The molecule has 2 aromatic rings. The number of anilines is 1. The van der Waals surface area contributed by atoms with E-state index in [4.69, 9.17) is 0 Å². The van der Waals surface area contributed by atoms with Crippen LogP contribution >= 0.6 is 0 Å². The van der Waals surface area contributed by atoms with Crippen molar-refractivity contribution in [2.24, 2.45) is 0 Å². The second-order valence-electron chi connectivity index (χ2n) is 9.54. The molecule has 0 aromatic heterocycles. The van der Waals surface area contributed by atoms with E-state index >= 15 is 0 Å². The fraction of sp³-hybridized carbons (Fsp3) is 0.414. The van der Waals surface area contributed by atoms with Gasteiger partial charge in [0.15, 0.2) is 0 Å². The molecule has 3 heteroatoms. The molecule has 3 nitrogen and oxygen atoms in total. The van der Waals surface area contributed by atoms with Gasteiger partial charge in [-0.05, 0) is 79.7 Å². The molecule has 0 spiro atoms. The van der Waals surface area contributed by atoms with Gasteiger partial charge in [0.05, 0.1) is 0 Å². The van der Waals surface area contributed by atoms with Gasteiger partial charge in [0.1, 0.15) is 0 Å². The van der Waals surface area contributed by atoms with E-state index in [-0.39, 0.29) is 11.3 Å². The molecule has 0 saturated carbocycles. The lowest BCUT2D eigenvalue weighted by molar-refractivity contribution is -0.126. The summed E-state index contributed by atoms with van der Waals surface area (Å²) in [5, 5.41) is 2.63. The maximum Gasteiger partial charge on any atom is 0.223 e. The minimum absolute atomic E-state index is 0.0954. The standard InChI is InChI=1S/C29H36N2O/c1-7-30(21(4)32)28-20(3)12-11-14-23(28)17-19-26-29(5,6)27-24-15-10-9-13-22(24)16-18-25(27)31(26)8-2/h9-10,13,15-19H,7-8,11-12,14H2,1-6H3/b23-17+,26-19+. The third-order valence-corrected chi connectivity index (χ3v) is 7.19. The fourth-order valence-corrected chi connectivity index (χ4v) is 5.71. The summed E-state index contributed by atoms with van der Waals surface area (Å²) in [5.74, 6) is 0.123. The van der Waals surface area contributed by atoms with Crippen LogP contribution in [0.5, 0.6) is 0 Å². The topological polar surface area (TPSA) is 23.6 Å². The second-order valence-corrected chi connectivity index (χ2v) is 9.54. The second kappa shape index (κ2) is 8.61. The van der Waals surface area contributed by atoms with E-state index in [1.165, 1.54) is 38.9 Å². The van der Waals surface area contributed by atoms with Gasteiger partial charge in [-0.2, -0.15) is 0 Å². The summed E-state index contributed by atoms with van der Waals surface area (Å²) in [6, 6.07) is 13.2. The number of benzene rings is 2. The maximum atomic E-state index is 12.3. The summed E-state index contributed by atoms with van der Waals surface area (Å²) in [5.41, 5.74) is 7.71. The highest BCUT2D eigenvalue weighted by molar-refractivity contribution is 5.94. The van der Waals surface area contributed by atoms with Crippen LogP contribution in [0.3, 0.4) is 0 Å². The molecule has 1 heterocycles. The Morgan fingerprint density at radius 2 is 1.84 bits per heavy atom. The molecule has 1 aliphatic carbocycles. The predicted octanol–water partition coefficient (Wildman–Crippen LogP) is 7.09. The number of fused-ring (bicyclic) bond motifs is 3. The van der Waals surface area contributed by atoms with Gasteiger partial charge >= 0.3 is 0 Å². The number of likely N-dealkylation sites (N-methyl/N-ethyl adjacent to an activating group) is 2. The number of hydrogen-bond acceptors (Lipinski definition) is 2. The average molecular weight is 429 g/mol. The summed E-state index contributed by atoms with van der Waals surface area (Å²) in [7, 11) is 0. The van der Waals surface area contributed by atoms with Crippen LogP contribution in [0.4, 0.5) is 5.69 Å². The molecule has 4 rings (SSSR count). The number of hydrogen-bond donors (Lipinski definition) is 0. The number of rotatable bonds is 4. The molecule has 0 unspecified atom stereocenters. The Bertz CT molecular complexity index is 1150. The van der Waals surface area contributed by atoms with Crippen molar-refractivity contribution < 1.29 is 4.79 Å². The van der Waals surface area contributed by atoms with Gasteiger partial charge in [0.2, 0.25) is 5.91 Å². The molecule has 0 atom stereocenters. The van der Waals surface area contributed by atoms with Gasteiger partial charge in [-0.3, -0.25) is 4.79 Å². The van der Waals surface area contributed by atoms with Crippen molar-refractivity contribution >= 4 is 22.4 Å². The molecule has 0 radical (unpaired) electrons. The van der Waals surface area contributed by atoms with E-state index in [9.17, 15) is 4.79 Å². The highest BCUT2D eigenvalue weighted by Crippen LogP contribution is 2.50. The van der Waals surface area contributed by atoms with Crippen LogP contribution in [-0.2, 0) is 10.2 Å². The zero-order chi connectivity index (χ0) is 23.0. The van der Waals surface area contributed by atoms with Crippen LogP contribution in [0.2, 0.25) is 0 Å². The predicted molar refractivity (Wildman–Crippen MR) is 136 cm³/mol. The highest BCUT2D eigenvalue weighted by atomic mass is 16.2. The highest BCUT2D eigenvalue weighted by Gasteiger charge is 2.40. The Hall–Kier alpha value is -2.81. The van der Waals surface area contributed by atoms with Crippen molar-refractivity contribution in [1.29, 1.82) is 0 Å². The zero-order valence-corrected chi connectivity index (χ0v) is 20.5. The van der Waals surface area contributed by atoms with Crippen molar-refractivity contribution in [3.05, 3.63) is 76.7 Å². The molecule has 168 valence electrons. The number of carbonyl (C=O) groups is 1. The molecule has 0 bridgehead atoms. The molecule has 2 aromatic carbocycles. The molecule has 2 aliphatic rings. The van der Waals surface area contributed by atoms with E-state index in [2.05, 4.69) is 88.1 Å². The zero-order valence-electron chi connectivity index (χ0n) is 20.5. The lowest BCUT2D eigenvalue weighted by Gasteiger charge is -2.31. The quantitative estimate of drug-likeness (QED) is 0.519. The van der Waals surface area contributed by atoms with Crippen LogP contribution in [0.25, 0.3) is 10.8 Å². The Kier molecular flexibility index (Phi) is 6.03. The summed E-state index contributed by atoms with van der Waals surface area (Å²) in [6.07, 6.45) is 7.84. The minimum atomic E-state index is -0.0954. The van der Waals surface area contributed by atoms with E-state index < -0.39 is 0 Å². The van der Waals surface area contributed by atoms with Crippen LogP contribution in [0.15, 0.2) is 71.1 Å². The van der Waals surface area contributed by atoms with Crippen LogP contribution in [0, 0.1) is 0 Å². The average Bonchev–Trinajstić information content (AvgIpc) is 3.00. The first-order valence-electron chi connectivity index (χ1n) is 12.0. The van der Waals surface area contributed by atoms with Crippen LogP contribution in [0.1, 0.15) is 66.4 Å². The summed E-state index contributed by atoms with van der Waals surface area (Å²) < 4.78 is 0. The first kappa shape index (κ1) is 22.4. The summed E-state index contributed by atoms with van der Waals surface area (Å²) >= 11 is 0. The molecule has 1 aliphatic heterocycles. The lowest BCUT2D eigenvalue weighted by atomic mass is 9.81. The maximum absolute atomic E-state index is 12.3. The Labute approximate surface area is 193 Å². The molecule has 32 heavy (non-hydrogen) atoms. The Morgan fingerprint density at radius 3 is 2.53 bits per heavy atom. The van der Waals surface area contributed by atoms with Crippen LogP contribution in [-0.4, -0.2) is 23.9 Å². The Balaban J connectivity index is 1.84. The lowest BCUT2D eigenvalue weighted by Crippen LogP contribution is -2.31. The third-order valence-electron chi connectivity index (χ3n) is 7.19. The van der Waals surface area contributed by atoms with Crippen molar-refractivity contribution in [2.75, 3.05) is 18.0 Å². The first-order valence-corrected chi connectivity index (χ1v) is 12.0.